The van der Waals surface area contributed by atoms with E-state index in [9.17, 15) is 4.79 Å². The highest BCUT2D eigenvalue weighted by atomic mass is 127. The standard InChI is InChI=1S/C21H41N5O3.HI/c1-6-7-9-16(12-24-20(27)29-21(2,3)4)25-19(22-5)23-13-18-14-26-11-8-10-17(26)15-28-18;/h16-18H,6-15H2,1-5H3,(H,24,27)(H2,22,23,25);1H. The normalized spacial score (nSPS) is 23.2. The Morgan fingerprint density at radius 1 is 1.33 bits per heavy atom. The maximum absolute atomic E-state index is 12.0. The number of hydrogen-bond donors (Lipinski definition) is 3. The molecule has 1 amide bonds. The molecule has 9 heteroatoms. The summed E-state index contributed by atoms with van der Waals surface area (Å²) in [5, 5.41) is 9.71. The molecule has 3 N–H and O–H groups in total. The van der Waals surface area contributed by atoms with Crippen molar-refractivity contribution >= 4 is 36.0 Å². The number of fused-ring (bicyclic) bond motifs is 1. The van der Waals surface area contributed by atoms with E-state index in [0.717, 1.165) is 44.9 Å². The van der Waals surface area contributed by atoms with E-state index < -0.39 is 5.60 Å². The minimum absolute atomic E-state index is 0. The molecule has 176 valence electrons. The SMILES string of the molecule is CCCCC(CNC(=O)OC(C)(C)C)NC(=NC)NCC1CN2CCCC2CO1.I. The van der Waals surface area contributed by atoms with E-state index in [0.29, 0.717) is 12.6 Å². The molecule has 3 unspecified atom stereocenters. The first-order valence-corrected chi connectivity index (χ1v) is 11.1. The van der Waals surface area contributed by atoms with Gasteiger partial charge in [0.05, 0.1) is 12.7 Å². The zero-order chi connectivity index (χ0) is 21.3. The van der Waals surface area contributed by atoms with Crippen LogP contribution >= 0.6 is 24.0 Å². The number of carbonyl (C=O) groups excluding carboxylic acids is 1. The summed E-state index contributed by atoms with van der Waals surface area (Å²) in [6.45, 7) is 12.0. The number of halogens is 1. The molecule has 2 heterocycles. The fraction of sp³-hybridized carbons (Fsp3) is 0.905. The molecule has 0 bridgehead atoms. The van der Waals surface area contributed by atoms with Crippen molar-refractivity contribution in [3.63, 3.8) is 0 Å². The molecule has 2 fully saturated rings. The number of amides is 1. The minimum Gasteiger partial charge on any atom is -0.444 e. The number of unbranched alkanes of at least 4 members (excludes halogenated alkanes) is 1. The largest absolute Gasteiger partial charge is 0.444 e. The van der Waals surface area contributed by atoms with E-state index in [1.165, 1.54) is 19.4 Å². The number of alkyl carbamates (subject to hydrolysis) is 1. The number of aliphatic imine (C=N–C) groups is 1. The van der Waals surface area contributed by atoms with Gasteiger partial charge in [-0.15, -0.1) is 24.0 Å². The van der Waals surface area contributed by atoms with Gasteiger partial charge in [-0.05, 0) is 46.6 Å². The number of rotatable bonds is 8. The third kappa shape index (κ3) is 10.00. The van der Waals surface area contributed by atoms with Crippen LogP contribution in [0.25, 0.3) is 0 Å². The molecule has 0 aromatic rings. The number of nitrogens with one attached hydrogen (secondary N) is 3. The summed E-state index contributed by atoms with van der Waals surface area (Å²) in [4.78, 5) is 18.9. The van der Waals surface area contributed by atoms with Crippen LogP contribution in [0.1, 0.15) is 59.8 Å². The quantitative estimate of drug-likeness (QED) is 0.250. The van der Waals surface area contributed by atoms with Crippen molar-refractivity contribution in [3.05, 3.63) is 0 Å². The minimum atomic E-state index is -0.498. The number of morpholine rings is 1. The Kier molecular flexibility index (Phi) is 12.3. The van der Waals surface area contributed by atoms with Gasteiger partial charge in [0, 0.05) is 38.8 Å². The van der Waals surface area contributed by atoms with Crippen molar-refractivity contribution in [1.29, 1.82) is 0 Å². The van der Waals surface area contributed by atoms with Gasteiger partial charge >= 0.3 is 6.09 Å². The van der Waals surface area contributed by atoms with E-state index in [1.54, 1.807) is 7.05 Å². The maximum Gasteiger partial charge on any atom is 0.407 e. The van der Waals surface area contributed by atoms with Crippen molar-refractivity contribution in [1.82, 2.24) is 20.9 Å². The first-order valence-electron chi connectivity index (χ1n) is 11.1. The summed E-state index contributed by atoms with van der Waals surface area (Å²) in [6.07, 6.45) is 5.45. The number of guanidine groups is 1. The van der Waals surface area contributed by atoms with Gasteiger partial charge in [-0.3, -0.25) is 9.89 Å². The lowest BCUT2D eigenvalue weighted by Gasteiger charge is -2.35. The smallest absolute Gasteiger partial charge is 0.407 e. The molecule has 0 aromatic carbocycles. The summed E-state index contributed by atoms with van der Waals surface area (Å²) in [6, 6.07) is 0.699. The van der Waals surface area contributed by atoms with Crippen LogP contribution in [0.2, 0.25) is 0 Å². The Labute approximate surface area is 199 Å². The van der Waals surface area contributed by atoms with Crippen LogP contribution in [0.5, 0.6) is 0 Å². The molecule has 2 aliphatic heterocycles. The average molecular weight is 540 g/mol. The van der Waals surface area contributed by atoms with E-state index in [2.05, 4.69) is 32.8 Å². The lowest BCUT2D eigenvalue weighted by molar-refractivity contribution is -0.0453. The maximum atomic E-state index is 12.0. The van der Waals surface area contributed by atoms with Crippen molar-refractivity contribution < 1.29 is 14.3 Å². The van der Waals surface area contributed by atoms with Crippen molar-refractivity contribution in [2.45, 2.75) is 83.6 Å². The van der Waals surface area contributed by atoms with Crippen LogP contribution in [-0.4, -0.2) is 80.6 Å². The van der Waals surface area contributed by atoms with E-state index in [4.69, 9.17) is 9.47 Å². The third-order valence-corrected chi connectivity index (χ3v) is 5.32. The van der Waals surface area contributed by atoms with Crippen LogP contribution in [0.15, 0.2) is 4.99 Å². The molecule has 2 aliphatic rings. The van der Waals surface area contributed by atoms with Gasteiger partial charge in [-0.1, -0.05) is 19.8 Å². The van der Waals surface area contributed by atoms with Crippen LogP contribution in [-0.2, 0) is 9.47 Å². The van der Waals surface area contributed by atoms with Crippen LogP contribution in [0.3, 0.4) is 0 Å². The van der Waals surface area contributed by atoms with Crippen LogP contribution in [0.4, 0.5) is 4.79 Å². The molecule has 8 nitrogen and oxygen atoms in total. The van der Waals surface area contributed by atoms with Crippen LogP contribution < -0.4 is 16.0 Å². The number of nitrogens with zero attached hydrogens (tertiary/aromatic N) is 2. The number of hydrogen-bond acceptors (Lipinski definition) is 5. The first-order chi connectivity index (χ1) is 13.8. The molecular formula is C21H42IN5O3. The Hall–Kier alpha value is -0.810. The Morgan fingerprint density at radius 3 is 2.77 bits per heavy atom. The topological polar surface area (TPSA) is 87.2 Å². The highest BCUT2D eigenvalue weighted by molar-refractivity contribution is 14.0. The van der Waals surface area contributed by atoms with Crippen molar-refractivity contribution in [2.75, 3.05) is 39.8 Å². The summed E-state index contributed by atoms with van der Waals surface area (Å²) in [5.74, 6) is 0.740. The van der Waals surface area contributed by atoms with Gasteiger partial charge in [0.2, 0.25) is 0 Å². The zero-order valence-electron chi connectivity index (χ0n) is 19.3. The van der Waals surface area contributed by atoms with E-state index in [1.807, 2.05) is 20.8 Å². The molecule has 0 aliphatic carbocycles. The first kappa shape index (κ1) is 27.2. The summed E-state index contributed by atoms with van der Waals surface area (Å²) in [5.41, 5.74) is -0.498. The van der Waals surface area contributed by atoms with Gasteiger partial charge in [0.25, 0.3) is 0 Å². The molecule has 0 radical (unpaired) electrons. The lowest BCUT2D eigenvalue weighted by Crippen LogP contribution is -2.53. The fourth-order valence-corrected chi connectivity index (χ4v) is 3.80. The number of carbonyl (C=O) groups is 1. The second kappa shape index (κ2) is 13.6. The molecule has 0 aromatic heterocycles. The second-order valence-electron chi connectivity index (χ2n) is 9.07. The molecule has 0 saturated carbocycles. The summed E-state index contributed by atoms with van der Waals surface area (Å²) < 4.78 is 11.4. The van der Waals surface area contributed by atoms with Gasteiger partial charge in [0.1, 0.15) is 5.60 Å². The summed E-state index contributed by atoms with van der Waals surface area (Å²) >= 11 is 0. The van der Waals surface area contributed by atoms with E-state index in [-0.39, 0.29) is 42.2 Å². The highest BCUT2D eigenvalue weighted by Crippen LogP contribution is 2.22. The van der Waals surface area contributed by atoms with Gasteiger partial charge < -0.3 is 25.4 Å². The predicted octanol–water partition coefficient (Wildman–Crippen LogP) is 2.72. The molecule has 2 rings (SSSR count). The molecular weight excluding hydrogens is 497 g/mol. The molecule has 0 spiro atoms. The van der Waals surface area contributed by atoms with Crippen molar-refractivity contribution in [3.8, 4) is 0 Å². The van der Waals surface area contributed by atoms with Crippen LogP contribution in [0, 0.1) is 0 Å². The van der Waals surface area contributed by atoms with Gasteiger partial charge in [0.15, 0.2) is 5.96 Å². The molecule has 30 heavy (non-hydrogen) atoms. The zero-order valence-corrected chi connectivity index (χ0v) is 21.7. The second-order valence-corrected chi connectivity index (χ2v) is 9.07. The molecule has 2 saturated heterocycles. The van der Waals surface area contributed by atoms with E-state index >= 15 is 0 Å². The highest BCUT2D eigenvalue weighted by Gasteiger charge is 2.32. The lowest BCUT2D eigenvalue weighted by atomic mass is 10.1. The van der Waals surface area contributed by atoms with Crippen molar-refractivity contribution in [2.24, 2.45) is 4.99 Å². The third-order valence-electron chi connectivity index (χ3n) is 5.32. The fourth-order valence-electron chi connectivity index (χ4n) is 3.80. The summed E-state index contributed by atoms with van der Waals surface area (Å²) in [7, 11) is 1.77. The predicted molar refractivity (Wildman–Crippen MR) is 132 cm³/mol. The van der Waals surface area contributed by atoms with Gasteiger partial charge in [-0.2, -0.15) is 0 Å². The average Bonchev–Trinajstić information content (AvgIpc) is 3.13. The number of ether oxygens (including phenoxy) is 2. The monoisotopic (exact) mass is 539 g/mol. The van der Waals surface area contributed by atoms with Gasteiger partial charge in [-0.25, -0.2) is 4.79 Å². The Bertz CT molecular complexity index is 541. The Morgan fingerprint density at radius 2 is 2.10 bits per heavy atom. The Balaban J connectivity index is 0.00000450. The molecule has 3 atom stereocenters.